The van der Waals surface area contributed by atoms with Crippen LogP contribution in [-0.4, -0.2) is 37.7 Å². The van der Waals surface area contributed by atoms with E-state index in [1.165, 1.54) is 56.4 Å². The largest absolute Gasteiger partial charge is 0.301 e. The van der Waals surface area contributed by atoms with Gasteiger partial charge in [-0.1, -0.05) is 24.6 Å². The number of hydrogen-bond acceptors (Lipinski definition) is 3. The zero-order valence-electron chi connectivity index (χ0n) is 13.3. The maximum atomic E-state index is 6.18. The highest BCUT2D eigenvalue weighted by Gasteiger charge is 2.20. The van der Waals surface area contributed by atoms with E-state index in [1.54, 1.807) is 0 Å². The molecule has 1 saturated heterocycles. The predicted octanol–water partition coefficient (Wildman–Crippen LogP) is 3.63. The Morgan fingerprint density at radius 1 is 1.14 bits per heavy atom. The Kier molecular flexibility index (Phi) is 5.15. The second kappa shape index (κ2) is 7.28. The van der Waals surface area contributed by atoms with Crippen LogP contribution in [0.1, 0.15) is 37.7 Å². The number of benzene rings is 1. The lowest BCUT2D eigenvalue weighted by atomic mass is 9.86. The Bertz CT molecular complexity index is 439. The van der Waals surface area contributed by atoms with Gasteiger partial charge in [-0.3, -0.25) is 9.90 Å². The predicted molar refractivity (Wildman–Crippen MR) is 87.5 cm³/mol. The van der Waals surface area contributed by atoms with Gasteiger partial charge in [-0.2, -0.15) is 0 Å². The summed E-state index contributed by atoms with van der Waals surface area (Å²) in [5.74, 6) is 0.781. The van der Waals surface area contributed by atoms with Crippen molar-refractivity contribution in [3.8, 4) is 0 Å². The van der Waals surface area contributed by atoms with Crippen LogP contribution in [0.3, 0.4) is 0 Å². The molecular formula is C18H28N2O. The van der Waals surface area contributed by atoms with Crippen LogP contribution in [0.25, 0.3) is 0 Å². The standard InChI is InChI=1S/C18H28N2O/c1-16-7-2-3-10-18(16)20(21-15-17-8-6-9-17)14-13-19-11-4-5-12-19/h2-3,7,10,17H,4-6,8-9,11-15H2,1H3. The van der Waals surface area contributed by atoms with E-state index in [4.69, 9.17) is 4.84 Å². The van der Waals surface area contributed by atoms with E-state index in [-0.39, 0.29) is 0 Å². The smallest absolute Gasteiger partial charge is 0.0776 e. The lowest BCUT2D eigenvalue weighted by molar-refractivity contribution is 0.0487. The highest BCUT2D eigenvalue weighted by atomic mass is 16.7. The second-order valence-corrected chi connectivity index (χ2v) is 6.53. The molecule has 1 aromatic carbocycles. The molecule has 0 unspecified atom stereocenters. The molecule has 3 nitrogen and oxygen atoms in total. The van der Waals surface area contributed by atoms with Crippen LogP contribution < -0.4 is 5.06 Å². The third kappa shape index (κ3) is 3.98. The summed E-state index contributed by atoms with van der Waals surface area (Å²) in [6.07, 6.45) is 6.77. The maximum absolute atomic E-state index is 6.18. The van der Waals surface area contributed by atoms with Gasteiger partial charge in [0.25, 0.3) is 0 Å². The van der Waals surface area contributed by atoms with Gasteiger partial charge in [-0.25, -0.2) is 0 Å². The topological polar surface area (TPSA) is 15.7 Å². The van der Waals surface area contributed by atoms with E-state index in [0.29, 0.717) is 0 Å². The van der Waals surface area contributed by atoms with Crippen LogP contribution in [0, 0.1) is 12.8 Å². The normalized spacial score (nSPS) is 19.7. The lowest BCUT2D eigenvalue weighted by Crippen LogP contribution is -2.36. The van der Waals surface area contributed by atoms with Gasteiger partial charge in [-0.15, -0.1) is 0 Å². The van der Waals surface area contributed by atoms with Gasteiger partial charge in [-0.05, 0) is 63.2 Å². The molecule has 0 N–H and O–H groups in total. The fourth-order valence-electron chi connectivity index (χ4n) is 3.19. The average Bonchev–Trinajstić information content (AvgIpc) is 2.95. The highest BCUT2D eigenvalue weighted by Crippen LogP contribution is 2.28. The summed E-state index contributed by atoms with van der Waals surface area (Å²) < 4.78 is 0. The minimum atomic E-state index is 0.781. The monoisotopic (exact) mass is 288 g/mol. The SMILES string of the molecule is Cc1ccccc1N(CCN1CCCC1)OCC1CCC1. The summed E-state index contributed by atoms with van der Waals surface area (Å²) in [6.45, 7) is 7.64. The van der Waals surface area contributed by atoms with Gasteiger partial charge in [0.05, 0.1) is 18.8 Å². The van der Waals surface area contributed by atoms with Crippen LogP contribution in [0.4, 0.5) is 5.69 Å². The van der Waals surface area contributed by atoms with Crippen molar-refractivity contribution in [1.29, 1.82) is 0 Å². The summed E-state index contributed by atoms with van der Waals surface area (Å²) in [5.41, 5.74) is 2.53. The van der Waals surface area contributed by atoms with E-state index in [0.717, 1.165) is 25.6 Å². The van der Waals surface area contributed by atoms with Crippen molar-refractivity contribution in [3.05, 3.63) is 29.8 Å². The van der Waals surface area contributed by atoms with Crippen LogP contribution in [0.5, 0.6) is 0 Å². The maximum Gasteiger partial charge on any atom is 0.0776 e. The van der Waals surface area contributed by atoms with Crippen molar-refractivity contribution in [2.24, 2.45) is 5.92 Å². The summed E-state index contributed by atoms with van der Waals surface area (Å²) in [6, 6.07) is 8.56. The van der Waals surface area contributed by atoms with Gasteiger partial charge >= 0.3 is 0 Å². The van der Waals surface area contributed by atoms with Gasteiger partial charge < -0.3 is 4.90 Å². The Hall–Kier alpha value is -1.06. The Morgan fingerprint density at radius 3 is 2.57 bits per heavy atom. The number of anilines is 1. The van der Waals surface area contributed by atoms with Crippen molar-refractivity contribution < 1.29 is 4.84 Å². The quantitative estimate of drug-likeness (QED) is 0.713. The first-order valence-electron chi connectivity index (χ1n) is 8.51. The van der Waals surface area contributed by atoms with Crippen LogP contribution in [0.15, 0.2) is 24.3 Å². The van der Waals surface area contributed by atoms with E-state index in [9.17, 15) is 0 Å². The van der Waals surface area contributed by atoms with E-state index < -0.39 is 0 Å². The molecule has 0 aromatic heterocycles. The first-order chi connectivity index (χ1) is 10.3. The molecule has 1 aliphatic heterocycles. The molecule has 1 aliphatic carbocycles. The number of likely N-dealkylation sites (tertiary alicyclic amines) is 1. The fraction of sp³-hybridized carbons (Fsp3) is 0.667. The number of rotatable bonds is 7. The van der Waals surface area contributed by atoms with Crippen molar-refractivity contribution in [1.82, 2.24) is 4.90 Å². The first kappa shape index (κ1) is 14.9. The van der Waals surface area contributed by atoms with Crippen molar-refractivity contribution in [2.75, 3.05) is 37.8 Å². The third-order valence-electron chi connectivity index (χ3n) is 4.89. The Morgan fingerprint density at radius 2 is 1.90 bits per heavy atom. The molecule has 3 heteroatoms. The van der Waals surface area contributed by atoms with Crippen molar-refractivity contribution in [2.45, 2.75) is 39.0 Å². The summed E-state index contributed by atoms with van der Waals surface area (Å²) in [7, 11) is 0. The van der Waals surface area contributed by atoms with Crippen LogP contribution in [0.2, 0.25) is 0 Å². The van der Waals surface area contributed by atoms with Crippen LogP contribution in [-0.2, 0) is 4.84 Å². The zero-order chi connectivity index (χ0) is 14.5. The van der Waals surface area contributed by atoms with Gasteiger partial charge in [0.2, 0.25) is 0 Å². The molecule has 0 spiro atoms. The second-order valence-electron chi connectivity index (χ2n) is 6.53. The number of nitrogens with zero attached hydrogens (tertiary/aromatic N) is 2. The minimum Gasteiger partial charge on any atom is -0.301 e. The molecule has 1 heterocycles. The number of hydrogen-bond donors (Lipinski definition) is 0. The van der Waals surface area contributed by atoms with Gasteiger partial charge in [0.15, 0.2) is 0 Å². The molecule has 0 radical (unpaired) electrons. The lowest BCUT2D eigenvalue weighted by Gasteiger charge is -2.31. The molecule has 0 amide bonds. The molecule has 3 rings (SSSR count). The van der Waals surface area contributed by atoms with Gasteiger partial charge in [0.1, 0.15) is 0 Å². The number of aryl methyl sites for hydroxylation is 1. The molecule has 2 fully saturated rings. The highest BCUT2D eigenvalue weighted by molar-refractivity contribution is 5.50. The number of hydroxylamine groups is 1. The van der Waals surface area contributed by atoms with E-state index in [1.807, 2.05) is 0 Å². The first-order valence-corrected chi connectivity index (χ1v) is 8.51. The Labute approximate surface area is 128 Å². The van der Waals surface area contributed by atoms with Gasteiger partial charge in [0, 0.05) is 6.54 Å². The van der Waals surface area contributed by atoms with E-state index in [2.05, 4.69) is 41.2 Å². The summed E-state index contributed by atoms with van der Waals surface area (Å²) in [4.78, 5) is 8.73. The van der Waals surface area contributed by atoms with E-state index >= 15 is 0 Å². The summed E-state index contributed by atoms with van der Waals surface area (Å²) >= 11 is 0. The molecule has 0 bridgehead atoms. The van der Waals surface area contributed by atoms with Crippen molar-refractivity contribution in [3.63, 3.8) is 0 Å². The minimum absolute atomic E-state index is 0.781. The summed E-state index contributed by atoms with van der Waals surface area (Å²) in [5, 5.41) is 2.14. The molecular weight excluding hydrogens is 260 g/mol. The molecule has 116 valence electrons. The number of para-hydroxylation sites is 1. The molecule has 2 aliphatic rings. The average molecular weight is 288 g/mol. The molecule has 1 saturated carbocycles. The fourth-order valence-corrected chi connectivity index (χ4v) is 3.19. The molecule has 1 aromatic rings. The molecule has 0 atom stereocenters. The molecule has 21 heavy (non-hydrogen) atoms. The van der Waals surface area contributed by atoms with Crippen molar-refractivity contribution >= 4 is 5.69 Å². The third-order valence-corrected chi connectivity index (χ3v) is 4.89. The zero-order valence-corrected chi connectivity index (χ0v) is 13.3. The van der Waals surface area contributed by atoms with Crippen LogP contribution >= 0.6 is 0 Å². The Balaban J connectivity index is 1.59.